The molecule has 0 saturated carbocycles. The van der Waals surface area contributed by atoms with Crippen LogP contribution in [0.1, 0.15) is 19.8 Å². The van der Waals surface area contributed by atoms with Crippen molar-refractivity contribution in [3.63, 3.8) is 0 Å². The number of rotatable bonds is 4. The Bertz CT molecular complexity index is 416. The van der Waals surface area contributed by atoms with Crippen molar-refractivity contribution in [2.45, 2.75) is 31.9 Å². The number of hydrogen-bond donors (Lipinski definition) is 2. The molecule has 1 aliphatic rings. The van der Waals surface area contributed by atoms with Crippen LogP contribution in [0.2, 0.25) is 0 Å². The highest BCUT2D eigenvalue weighted by Gasteiger charge is 2.39. The zero-order valence-electron chi connectivity index (χ0n) is 11.3. The highest BCUT2D eigenvalue weighted by atomic mass is 35.5. The summed E-state index contributed by atoms with van der Waals surface area (Å²) in [5, 5.41) is 10.2. The number of aromatic nitrogens is 2. The van der Waals surface area contributed by atoms with Gasteiger partial charge in [0.25, 0.3) is 5.91 Å². The normalized spacial score (nSPS) is 17.6. The molecule has 7 heteroatoms. The van der Waals surface area contributed by atoms with Crippen LogP contribution in [0.25, 0.3) is 0 Å². The number of aryl methyl sites for hydroxylation is 1. The lowest BCUT2D eigenvalue weighted by Crippen LogP contribution is -2.51. The molecule has 108 valence electrons. The number of hydrogen-bond acceptors (Lipinski definition) is 4. The number of carbonyl (C=O) groups is 1. The van der Waals surface area contributed by atoms with Crippen molar-refractivity contribution in [1.29, 1.82) is 0 Å². The molecule has 1 aliphatic heterocycles. The van der Waals surface area contributed by atoms with Crippen LogP contribution in [0.3, 0.4) is 0 Å². The Balaban J connectivity index is 0.00000180. The summed E-state index contributed by atoms with van der Waals surface area (Å²) in [5.74, 6) is -0.0813. The summed E-state index contributed by atoms with van der Waals surface area (Å²) in [5.41, 5.74) is 0.0105. The maximum atomic E-state index is 12.3. The number of carbonyl (C=O) groups excluding carboxylic acids is 1. The minimum absolute atomic E-state index is 0. The van der Waals surface area contributed by atoms with Crippen molar-refractivity contribution in [2.24, 2.45) is 0 Å². The van der Waals surface area contributed by atoms with E-state index in [2.05, 4.69) is 15.7 Å². The molecule has 0 bridgehead atoms. The molecule has 0 aliphatic carbocycles. The third kappa shape index (κ3) is 3.46. The fourth-order valence-electron chi connectivity index (χ4n) is 2.20. The van der Waals surface area contributed by atoms with Crippen LogP contribution in [0.4, 0.5) is 5.69 Å². The zero-order valence-corrected chi connectivity index (χ0v) is 12.1. The lowest BCUT2D eigenvalue weighted by Gasteiger charge is -2.34. The third-order valence-corrected chi connectivity index (χ3v) is 3.43. The second-order valence-electron chi connectivity index (χ2n) is 4.49. The van der Waals surface area contributed by atoms with Crippen LogP contribution in [0, 0.1) is 0 Å². The summed E-state index contributed by atoms with van der Waals surface area (Å²) >= 11 is 0. The van der Waals surface area contributed by atoms with Crippen LogP contribution in [0.15, 0.2) is 12.4 Å². The highest BCUT2D eigenvalue weighted by Crippen LogP contribution is 2.24. The van der Waals surface area contributed by atoms with E-state index in [0.717, 1.165) is 25.3 Å². The van der Waals surface area contributed by atoms with E-state index in [1.165, 1.54) is 0 Å². The van der Waals surface area contributed by atoms with Gasteiger partial charge in [0.15, 0.2) is 0 Å². The van der Waals surface area contributed by atoms with E-state index >= 15 is 0 Å². The van der Waals surface area contributed by atoms with E-state index in [1.807, 2.05) is 13.1 Å². The zero-order chi connectivity index (χ0) is 13.0. The molecule has 0 spiro atoms. The Labute approximate surface area is 119 Å². The molecule has 0 radical (unpaired) electrons. The fourth-order valence-corrected chi connectivity index (χ4v) is 2.20. The maximum Gasteiger partial charge on any atom is 0.256 e. The molecule has 0 atom stereocenters. The van der Waals surface area contributed by atoms with E-state index in [1.54, 1.807) is 18.0 Å². The molecule has 1 aromatic rings. The molecule has 1 fully saturated rings. The van der Waals surface area contributed by atoms with Crippen LogP contribution < -0.4 is 10.6 Å². The first-order chi connectivity index (χ1) is 8.70. The van der Waals surface area contributed by atoms with Crippen LogP contribution in [-0.4, -0.2) is 41.5 Å². The molecular formula is C12H21ClN4O2. The quantitative estimate of drug-likeness (QED) is 0.868. The molecule has 0 unspecified atom stereocenters. The molecule has 19 heavy (non-hydrogen) atoms. The predicted octanol–water partition coefficient (Wildman–Crippen LogP) is 1.03. The number of amides is 1. The number of ether oxygens (including phenoxy) is 1. The summed E-state index contributed by atoms with van der Waals surface area (Å²) < 4.78 is 7.24. The summed E-state index contributed by atoms with van der Waals surface area (Å²) in [6.45, 7) is 4.39. The van der Waals surface area contributed by atoms with E-state index in [4.69, 9.17) is 4.74 Å². The van der Waals surface area contributed by atoms with Gasteiger partial charge in [-0.3, -0.25) is 9.48 Å². The summed E-state index contributed by atoms with van der Waals surface area (Å²) in [6.07, 6.45) is 4.86. The molecule has 1 amide bonds. The van der Waals surface area contributed by atoms with Gasteiger partial charge in [-0.1, -0.05) is 0 Å². The topological polar surface area (TPSA) is 68.2 Å². The minimum Gasteiger partial charge on any atom is -0.368 e. The molecule has 0 aromatic carbocycles. The van der Waals surface area contributed by atoms with E-state index in [-0.39, 0.29) is 18.3 Å². The second-order valence-corrected chi connectivity index (χ2v) is 4.49. The average molecular weight is 289 g/mol. The van der Waals surface area contributed by atoms with Crippen LogP contribution >= 0.6 is 12.4 Å². The Kier molecular flexibility index (Phi) is 5.78. The van der Waals surface area contributed by atoms with Gasteiger partial charge in [0, 0.05) is 19.9 Å². The standard InChI is InChI=1S/C12H20N4O2.ClH/c1-3-16-9-10(8-14-16)15-11(17)12(18-2)4-6-13-7-5-12;/h8-9,13H,3-7H2,1-2H3,(H,15,17);1H. The molecule has 1 aromatic heterocycles. The lowest BCUT2D eigenvalue weighted by molar-refractivity contribution is -0.140. The number of nitrogens with one attached hydrogen (secondary N) is 2. The van der Waals surface area contributed by atoms with Crippen LogP contribution in [0.5, 0.6) is 0 Å². The number of halogens is 1. The SMILES string of the molecule is CCn1cc(NC(=O)C2(OC)CCNCC2)cn1.Cl. The van der Waals surface area contributed by atoms with Crippen molar-refractivity contribution in [2.75, 3.05) is 25.5 Å². The highest BCUT2D eigenvalue weighted by molar-refractivity contribution is 5.97. The van der Waals surface area contributed by atoms with E-state index in [9.17, 15) is 4.79 Å². The van der Waals surface area contributed by atoms with Gasteiger partial charge in [-0.15, -0.1) is 12.4 Å². The van der Waals surface area contributed by atoms with Gasteiger partial charge in [0.05, 0.1) is 11.9 Å². The molecule has 2 N–H and O–H groups in total. The smallest absolute Gasteiger partial charge is 0.256 e. The van der Waals surface area contributed by atoms with Crippen molar-refractivity contribution < 1.29 is 9.53 Å². The van der Waals surface area contributed by atoms with Crippen LogP contribution in [-0.2, 0) is 16.1 Å². The molecule has 2 heterocycles. The number of nitrogens with zero attached hydrogens (tertiary/aromatic N) is 2. The second kappa shape index (κ2) is 6.88. The Morgan fingerprint density at radius 1 is 1.58 bits per heavy atom. The maximum absolute atomic E-state index is 12.3. The van der Waals surface area contributed by atoms with Gasteiger partial charge in [0.1, 0.15) is 5.60 Å². The first kappa shape index (κ1) is 15.9. The first-order valence-electron chi connectivity index (χ1n) is 6.30. The van der Waals surface area contributed by atoms with Gasteiger partial charge in [-0.25, -0.2) is 0 Å². The first-order valence-corrected chi connectivity index (χ1v) is 6.30. The largest absolute Gasteiger partial charge is 0.368 e. The predicted molar refractivity (Wildman–Crippen MR) is 75.6 cm³/mol. The molecule has 6 nitrogen and oxygen atoms in total. The van der Waals surface area contributed by atoms with Gasteiger partial charge >= 0.3 is 0 Å². The monoisotopic (exact) mass is 288 g/mol. The number of piperidine rings is 1. The van der Waals surface area contributed by atoms with E-state index < -0.39 is 5.60 Å². The molecule has 2 rings (SSSR count). The third-order valence-electron chi connectivity index (χ3n) is 3.43. The molecular weight excluding hydrogens is 268 g/mol. The lowest BCUT2D eigenvalue weighted by atomic mass is 9.91. The minimum atomic E-state index is -0.709. The summed E-state index contributed by atoms with van der Waals surface area (Å²) in [6, 6.07) is 0. The van der Waals surface area contributed by atoms with Crippen molar-refractivity contribution >= 4 is 24.0 Å². The average Bonchev–Trinajstić information content (AvgIpc) is 2.87. The van der Waals surface area contributed by atoms with Crippen molar-refractivity contribution in [3.05, 3.63) is 12.4 Å². The van der Waals surface area contributed by atoms with Gasteiger partial charge in [0.2, 0.25) is 0 Å². The fraction of sp³-hybridized carbons (Fsp3) is 0.667. The van der Waals surface area contributed by atoms with Crippen molar-refractivity contribution in [1.82, 2.24) is 15.1 Å². The van der Waals surface area contributed by atoms with Gasteiger partial charge < -0.3 is 15.4 Å². The summed E-state index contributed by atoms with van der Waals surface area (Å²) in [7, 11) is 1.60. The van der Waals surface area contributed by atoms with Crippen molar-refractivity contribution in [3.8, 4) is 0 Å². The number of anilines is 1. The van der Waals surface area contributed by atoms with E-state index in [0.29, 0.717) is 12.8 Å². The Morgan fingerprint density at radius 2 is 2.26 bits per heavy atom. The number of methoxy groups -OCH3 is 1. The van der Waals surface area contributed by atoms with Gasteiger partial charge in [-0.05, 0) is 32.9 Å². The Hall–Kier alpha value is -1.11. The Morgan fingerprint density at radius 3 is 2.79 bits per heavy atom. The summed E-state index contributed by atoms with van der Waals surface area (Å²) in [4.78, 5) is 12.3. The molecule has 1 saturated heterocycles. The van der Waals surface area contributed by atoms with Gasteiger partial charge in [-0.2, -0.15) is 5.10 Å².